The van der Waals surface area contributed by atoms with Crippen LogP contribution in [0.3, 0.4) is 0 Å². The highest BCUT2D eigenvalue weighted by Crippen LogP contribution is 2.39. The number of carbonyl (C=O) groups is 1. The van der Waals surface area contributed by atoms with Gasteiger partial charge in [-0.2, -0.15) is 0 Å². The minimum absolute atomic E-state index is 0.0140. The van der Waals surface area contributed by atoms with Crippen molar-refractivity contribution < 1.29 is 19.0 Å². The van der Waals surface area contributed by atoms with Gasteiger partial charge in [-0.3, -0.25) is 4.79 Å². The lowest BCUT2D eigenvalue weighted by atomic mass is 10.1. The Morgan fingerprint density at radius 1 is 0.889 bits per heavy atom. The van der Waals surface area contributed by atoms with Gasteiger partial charge in [0.1, 0.15) is 0 Å². The zero-order chi connectivity index (χ0) is 25.9. The maximum atomic E-state index is 12.9. The number of ether oxygens (including phenoxy) is 3. The van der Waals surface area contributed by atoms with Crippen molar-refractivity contribution in [2.24, 2.45) is 0 Å². The molecule has 1 aliphatic heterocycles. The molecule has 0 N–H and O–H groups in total. The standard InChI is InChI=1S/C30H42N2O4/c1-6-7-8-9-10-19-36-30-27(34-4)21-25(22-28(30)35-5)12-14-29(33)32-17-15-31(16-18-32)26-13-11-23(2)24(3)20-26/h11-14,20-22H,6-10,15-19H2,1-5H3/b14-12+. The van der Waals surface area contributed by atoms with Gasteiger partial charge in [-0.1, -0.05) is 38.7 Å². The van der Waals surface area contributed by atoms with E-state index >= 15 is 0 Å². The second kappa shape index (κ2) is 13.8. The highest BCUT2D eigenvalue weighted by Gasteiger charge is 2.20. The van der Waals surface area contributed by atoms with E-state index in [9.17, 15) is 4.79 Å². The fourth-order valence-electron chi connectivity index (χ4n) is 4.40. The molecule has 2 aromatic carbocycles. The normalized spacial score (nSPS) is 13.8. The van der Waals surface area contributed by atoms with Crippen molar-refractivity contribution >= 4 is 17.7 Å². The first-order valence-corrected chi connectivity index (χ1v) is 13.1. The predicted molar refractivity (Wildman–Crippen MR) is 148 cm³/mol. The monoisotopic (exact) mass is 494 g/mol. The van der Waals surface area contributed by atoms with Crippen molar-refractivity contribution in [1.82, 2.24) is 4.90 Å². The molecule has 0 radical (unpaired) electrons. The summed E-state index contributed by atoms with van der Waals surface area (Å²) in [5.74, 6) is 1.84. The lowest BCUT2D eigenvalue weighted by Crippen LogP contribution is -2.48. The Kier molecular flexibility index (Phi) is 10.5. The van der Waals surface area contributed by atoms with Crippen molar-refractivity contribution in [2.75, 3.05) is 51.9 Å². The van der Waals surface area contributed by atoms with Gasteiger partial charge in [0.05, 0.1) is 20.8 Å². The largest absolute Gasteiger partial charge is 0.493 e. The van der Waals surface area contributed by atoms with Gasteiger partial charge in [0.25, 0.3) is 0 Å². The number of piperazine rings is 1. The van der Waals surface area contributed by atoms with Crippen LogP contribution >= 0.6 is 0 Å². The average molecular weight is 495 g/mol. The number of anilines is 1. The summed E-state index contributed by atoms with van der Waals surface area (Å²) in [5, 5.41) is 0. The SMILES string of the molecule is CCCCCCCOc1c(OC)cc(/C=C/C(=O)N2CCN(c3ccc(C)c(C)c3)CC2)cc1OC. The van der Waals surface area contributed by atoms with E-state index < -0.39 is 0 Å². The number of hydrogen-bond acceptors (Lipinski definition) is 5. The highest BCUT2D eigenvalue weighted by atomic mass is 16.5. The molecule has 6 nitrogen and oxygen atoms in total. The Hall–Kier alpha value is -3.15. The van der Waals surface area contributed by atoms with E-state index in [1.54, 1.807) is 20.3 Å². The Morgan fingerprint density at radius 3 is 2.17 bits per heavy atom. The molecule has 2 aromatic rings. The van der Waals surface area contributed by atoms with Crippen molar-refractivity contribution in [3.8, 4) is 17.2 Å². The van der Waals surface area contributed by atoms with Gasteiger partial charge in [-0.25, -0.2) is 0 Å². The summed E-state index contributed by atoms with van der Waals surface area (Å²) in [7, 11) is 3.24. The van der Waals surface area contributed by atoms with Crippen LogP contribution in [0.2, 0.25) is 0 Å². The molecule has 196 valence electrons. The van der Waals surface area contributed by atoms with E-state index in [1.807, 2.05) is 23.1 Å². The first-order chi connectivity index (χ1) is 17.5. The fourth-order valence-corrected chi connectivity index (χ4v) is 4.40. The second-order valence-electron chi connectivity index (χ2n) is 9.43. The summed E-state index contributed by atoms with van der Waals surface area (Å²) in [6.07, 6.45) is 9.32. The smallest absolute Gasteiger partial charge is 0.246 e. The van der Waals surface area contributed by atoms with Crippen LogP contribution in [0.25, 0.3) is 6.08 Å². The Bertz CT molecular complexity index is 1000. The number of aryl methyl sites for hydroxylation is 2. The molecule has 0 unspecified atom stereocenters. The first kappa shape index (κ1) is 27.4. The third kappa shape index (κ3) is 7.42. The Labute approximate surface area is 216 Å². The topological polar surface area (TPSA) is 51.2 Å². The van der Waals surface area contributed by atoms with Gasteiger partial charge in [-0.15, -0.1) is 0 Å². The lowest BCUT2D eigenvalue weighted by molar-refractivity contribution is -0.126. The third-order valence-electron chi connectivity index (χ3n) is 6.84. The number of unbranched alkanes of at least 4 members (excludes halogenated alkanes) is 4. The first-order valence-electron chi connectivity index (χ1n) is 13.1. The van der Waals surface area contributed by atoms with Crippen LogP contribution in [0.15, 0.2) is 36.4 Å². The van der Waals surface area contributed by atoms with E-state index in [0.29, 0.717) is 36.9 Å². The molecule has 6 heteroatoms. The van der Waals surface area contributed by atoms with Gasteiger partial charge < -0.3 is 24.0 Å². The van der Waals surface area contributed by atoms with E-state index in [4.69, 9.17) is 14.2 Å². The van der Waals surface area contributed by atoms with E-state index in [1.165, 1.54) is 36.1 Å². The maximum Gasteiger partial charge on any atom is 0.246 e. The second-order valence-corrected chi connectivity index (χ2v) is 9.43. The van der Waals surface area contributed by atoms with Gasteiger partial charge >= 0.3 is 0 Å². The summed E-state index contributed by atoms with van der Waals surface area (Å²) in [4.78, 5) is 17.1. The number of carbonyl (C=O) groups excluding carboxylic acids is 1. The van der Waals surface area contributed by atoms with Crippen molar-refractivity contribution in [3.05, 3.63) is 53.1 Å². The van der Waals surface area contributed by atoms with Crippen LogP contribution in [-0.4, -0.2) is 57.8 Å². The molecule has 0 bridgehead atoms. The molecule has 0 aliphatic carbocycles. The van der Waals surface area contributed by atoms with Gasteiger partial charge in [0.15, 0.2) is 11.5 Å². The van der Waals surface area contributed by atoms with Gasteiger partial charge in [0.2, 0.25) is 11.7 Å². The predicted octanol–water partition coefficient (Wildman–Crippen LogP) is 6.03. The summed E-state index contributed by atoms with van der Waals surface area (Å²) in [6, 6.07) is 10.3. The highest BCUT2D eigenvalue weighted by molar-refractivity contribution is 5.92. The van der Waals surface area contributed by atoms with E-state index in [-0.39, 0.29) is 5.91 Å². The van der Waals surface area contributed by atoms with Gasteiger partial charge in [0, 0.05) is 37.9 Å². The molecule has 3 rings (SSSR count). The molecule has 0 spiro atoms. The Balaban J connectivity index is 1.58. The molecule has 1 heterocycles. The third-order valence-corrected chi connectivity index (χ3v) is 6.84. The molecule has 0 saturated carbocycles. The summed E-state index contributed by atoms with van der Waals surface area (Å²) < 4.78 is 17.2. The molecule has 0 aromatic heterocycles. The summed E-state index contributed by atoms with van der Waals surface area (Å²) >= 11 is 0. The van der Waals surface area contributed by atoms with Crippen LogP contribution in [0, 0.1) is 13.8 Å². The molecule has 1 amide bonds. The number of hydrogen-bond donors (Lipinski definition) is 0. The summed E-state index contributed by atoms with van der Waals surface area (Å²) in [6.45, 7) is 10.2. The lowest BCUT2D eigenvalue weighted by Gasteiger charge is -2.36. The van der Waals surface area contributed by atoms with Crippen molar-refractivity contribution in [1.29, 1.82) is 0 Å². The molecule has 1 fully saturated rings. The van der Waals surface area contributed by atoms with Gasteiger partial charge in [-0.05, 0) is 67.3 Å². The molecular weight excluding hydrogens is 452 g/mol. The fraction of sp³-hybridized carbons (Fsp3) is 0.500. The quantitative estimate of drug-likeness (QED) is 0.266. The summed E-state index contributed by atoms with van der Waals surface area (Å²) in [5.41, 5.74) is 4.65. The van der Waals surface area contributed by atoms with Crippen LogP contribution in [0.4, 0.5) is 5.69 Å². The molecule has 1 aliphatic rings. The van der Waals surface area contributed by atoms with E-state index in [2.05, 4.69) is 43.9 Å². The average Bonchev–Trinajstić information content (AvgIpc) is 2.90. The maximum absolute atomic E-state index is 12.9. The zero-order valence-corrected chi connectivity index (χ0v) is 22.6. The zero-order valence-electron chi connectivity index (χ0n) is 22.6. The minimum atomic E-state index is 0.0140. The Morgan fingerprint density at radius 2 is 1.56 bits per heavy atom. The van der Waals surface area contributed by atoms with Crippen LogP contribution in [0.1, 0.15) is 55.7 Å². The molecular formula is C30H42N2O4. The van der Waals surface area contributed by atoms with Crippen LogP contribution in [0.5, 0.6) is 17.2 Å². The molecule has 0 atom stereocenters. The number of rotatable bonds is 12. The number of methoxy groups -OCH3 is 2. The van der Waals surface area contributed by atoms with Crippen molar-refractivity contribution in [2.45, 2.75) is 52.9 Å². The van der Waals surface area contributed by atoms with Crippen LogP contribution in [-0.2, 0) is 4.79 Å². The molecule has 1 saturated heterocycles. The minimum Gasteiger partial charge on any atom is -0.493 e. The number of benzene rings is 2. The number of amides is 1. The number of nitrogens with zero attached hydrogens (tertiary/aromatic N) is 2. The van der Waals surface area contributed by atoms with Crippen LogP contribution < -0.4 is 19.1 Å². The molecule has 36 heavy (non-hydrogen) atoms. The van der Waals surface area contributed by atoms with Crippen molar-refractivity contribution in [3.63, 3.8) is 0 Å². The van der Waals surface area contributed by atoms with E-state index in [0.717, 1.165) is 31.5 Å².